The second-order valence-electron chi connectivity index (χ2n) is 6.85. The van der Waals surface area contributed by atoms with Gasteiger partial charge in [-0.15, -0.1) is 0 Å². The summed E-state index contributed by atoms with van der Waals surface area (Å²) in [6, 6.07) is 10.7. The summed E-state index contributed by atoms with van der Waals surface area (Å²) < 4.78 is 23.8. The van der Waals surface area contributed by atoms with Crippen LogP contribution in [0.3, 0.4) is 0 Å². The topological polar surface area (TPSA) is 84.9 Å². The van der Waals surface area contributed by atoms with Gasteiger partial charge in [-0.3, -0.25) is 4.79 Å². The van der Waals surface area contributed by atoms with Crippen molar-refractivity contribution in [3.05, 3.63) is 59.4 Å². The molecule has 0 atom stereocenters. The lowest BCUT2D eigenvalue weighted by molar-refractivity contribution is -0.139. The van der Waals surface area contributed by atoms with Crippen LogP contribution in [0.15, 0.2) is 42.5 Å². The van der Waals surface area contributed by atoms with E-state index in [1.165, 1.54) is 24.3 Å². The second kappa shape index (κ2) is 9.21. The van der Waals surface area contributed by atoms with Gasteiger partial charge in [0, 0.05) is 17.5 Å². The van der Waals surface area contributed by atoms with E-state index in [9.17, 15) is 14.0 Å². The quantitative estimate of drug-likeness (QED) is 0.687. The number of halogens is 1. The third kappa shape index (κ3) is 5.70. The van der Waals surface area contributed by atoms with Crippen LogP contribution in [0.4, 0.5) is 4.39 Å². The van der Waals surface area contributed by atoms with Gasteiger partial charge >= 0.3 is 5.97 Å². The number of hydrogen-bond acceptors (Lipinski definition) is 4. The molecule has 7 heteroatoms. The van der Waals surface area contributed by atoms with Crippen molar-refractivity contribution >= 4 is 11.9 Å². The Kier molecular flexibility index (Phi) is 6.98. The molecule has 2 aromatic rings. The van der Waals surface area contributed by atoms with E-state index in [0.29, 0.717) is 24.5 Å². The molecule has 0 aliphatic rings. The van der Waals surface area contributed by atoms with Crippen molar-refractivity contribution in [2.24, 2.45) is 0 Å². The number of hydrogen-bond donors (Lipinski definition) is 2. The molecular weight excluding hydrogens is 365 g/mol. The van der Waals surface area contributed by atoms with Gasteiger partial charge in [0.25, 0.3) is 5.91 Å². The van der Waals surface area contributed by atoms with Crippen LogP contribution >= 0.6 is 0 Å². The van der Waals surface area contributed by atoms with Crippen molar-refractivity contribution < 1.29 is 28.6 Å². The Morgan fingerprint density at radius 2 is 1.75 bits per heavy atom. The molecule has 0 radical (unpaired) electrons. The van der Waals surface area contributed by atoms with Gasteiger partial charge in [0.2, 0.25) is 0 Å². The first-order chi connectivity index (χ1) is 13.2. The molecule has 1 amide bonds. The van der Waals surface area contributed by atoms with Gasteiger partial charge in [-0.1, -0.05) is 26.0 Å². The van der Waals surface area contributed by atoms with Gasteiger partial charge in [-0.2, -0.15) is 0 Å². The highest BCUT2D eigenvalue weighted by Crippen LogP contribution is 2.29. The lowest BCUT2D eigenvalue weighted by Gasteiger charge is -2.25. The second-order valence-corrected chi connectivity index (χ2v) is 6.85. The third-order valence-corrected chi connectivity index (χ3v) is 4.17. The van der Waals surface area contributed by atoms with E-state index in [-0.39, 0.29) is 17.5 Å². The maximum absolute atomic E-state index is 13.1. The monoisotopic (exact) mass is 389 g/mol. The number of ether oxygens (including phenoxy) is 2. The molecule has 0 fully saturated rings. The van der Waals surface area contributed by atoms with E-state index in [2.05, 4.69) is 5.32 Å². The van der Waals surface area contributed by atoms with Crippen molar-refractivity contribution in [1.82, 2.24) is 5.32 Å². The van der Waals surface area contributed by atoms with Gasteiger partial charge in [0.05, 0.1) is 6.61 Å². The Hall–Kier alpha value is -3.09. The lowest BCUT2D eigenvalue weighted by Crippen LogP contribution is -2.36. The molecular formula is C21H24FNO5. The van der Waals surface area contributed by atoms with Crippen LogP contribution in [-0.2, 0) is 10.2 Å². The Balaban J connectivity index is 2.09. The fourth-order valence-corrected chi connectivity index (χ4v) is 2.58. The average molecular weight is 389 g/mol. The summed E-state index contributed by atoms with van der Waals surface area (Å²) in [7, 11) is 0. The zero-order chi connectivity index (χ0) is 20.7. The molecule has 2 N–H and O–H groups in total. The zero-order valence-corrected chi connectivity index (χ0v) is 16.1. The Labute approximate surface area is 163 Å². The van der Waals surface area contributed by atoms with E-state index in [1.54, 1.807) is 25.1 Å². The van der Waals surface area contributed by atoms with Crippen molar-refractivity contribution in [2.75, 3.05) is 19.8 Å². The highest BCUT2D eigenvalue weighted by atomic mass is 19.1. The number of benzene rings is 2. The number of carbonyl (C=O) groups excluding carboxylic acids is 1. The van der Waals surface area contributed by atoms with E-state index >= 15 is 0 Å². The number of carboxylic acid groups (broad SMARTS) is 1. The SMILES string of the molecule is CCOc1cc(C(=O)NCC(C)(C)c2ccc(F)cc2)ccc1OCC(=O)O. The first-order valence-electron chi connectivity index (χ1n) is 8.88. The molecule has 0 spiro atoms. The molecule has 0 unspecified atom stereocenters. The first-order valence-corrected chi connectivity index (χ1v) is 8.88. The van der Waals surface area contributed by atoms with Crippen LogP contribution in [0.5, 0.6) is 11.5 Å². The van der Waals surface area contributed by atoms with Crippen LogP contribution in [0, 0.1) is 5.82 Å². The summed E-state index contributed by atoms with van der Waals surface area (Å²) >= 11 is 0. The number of aliphatic carboxylic acids is 1. The molecule has 28 heavy (non-hydrogen) atoms. The predicted molar refractivity (Wildman–Crippen MR) is 103 cm³/mol. The summed E-state index contributed by atoms with van der Waals surface area (Å²) in [6.45, 7) is 5.87. The molecule has 0 saturated heterocycles. The molecule has 0 saturated carbocycles. The molecule has 0 bridgehead atoms. The summed E-state index contributed by atoms with van der Waals surface area (Å²) in [5, 5.41) is 11.6. The van der Waals surface area contributed by atoms with Gasteiger partial charge in [0.15, 0.2) is 18.1 Å². The van der Waals surface area contributed by atoms with Gasteiger partial charge < -0.3 is 19.9 Å². The van der Waals surface area contributed by atoms with Gasteiger partial charge in [-0.05, 0) is 42.8 Å². The Bertz CT molecular complexity index is 833. The zero-order valence-electron chi connectivity index (χ0n) is 16.1. The molecule has 0 aliphatic heterocycles. The van der Waals surface area contributed by atoms with Crippen LogP contribution in [0.1, 0.15) is 36.7 Å². The molecule has 6 nitrogen and oxygen atoms in total. The van der Waals surface area contributed by atoms with E-state index in [1.807, 2.05) is 13.8 Å². The maximum Gasteiger partial charge on any atom is 0.341 e. The smallest absolute Gasteiger partial charge is 0.341 e. The lowest BCUT2D eigenvalue weighted by atomic mass is 9.84. The van der Waals surface area contributed by atoms with Crippen LogP contribution in [-0.4, -0.2) is 36.7 Å². The van der Waals surface area contributed by atoms with Crippen molar-refractivity contribution in [1.29, 1.82) is 0 Å². The molecule has 0 aliphatic carbocycles. The predicted octanol–water partition coefficient (Wildman–Crippen LogP) is 3.40. The molecule has 2 rings (SSSR count). The van der Waals surface area contributed by atoms with Gasteiger partial charge in [-0.25, -0.2) is 9.18 Å². The van der Waals surface area contributed by atoms with Crippen molar-refractivity contribution in [2.45, 2.75) is 26.2 Å². The third-order valence-electron chi connectivity index (χ3n) is 4.17. The van der Waals surface area contributed by atoms with E-state index in [4.69, 9.17) is 14.6 Å². The standard InChI is InChI=1S/C21H24FNO5/c1-4-27-18-11-14(5-10-17(18)28-12-19(24)25)20(26)23-13-21(2,3)15-6-8-16(22)9-7-15/h5-11H,4,12-13H2,1-3H3,(H,23,26)(H,24,25). The number of carbonyl (C=O) groups is 2. The summed E-state index contributed by atoms with van der Waals surface area (Å²) in [4.78, 5) is 23.2. The Morgan fingerprint density at radius 3 is 2.36 bits per heavy atom. The number of rotatable bonds is 9. The van der Waals surface area contributed by atoms with Crippen molar-refractivity contribution in [3.63, 3.8) is 0 Å². The van der Waals surface area contributed by atoms with Crippen molar-refractivity contribution in [3.8, 4) is 11.5 Å². The van der Waals surface area contributed by atoms with E-state index in [0.717, 1.165) is 5.56 Å². The first kappa shape index (κ1) is 21.2. The minimum atomic E-state index is -1.10. The molecule has 150 valence electrons. The number of carboxylic acids is 1. The normalized spacial score (nSPS) is 11.0. The maximum atomic E-state index is 13.1. The minimum Gasteiger partial charge on any atom is -0.490 e. The highest BCUT2D eigenvalue weighted by Gasteiger charge is 2.22. The average Bonchev–Trinajstić information content (AvgIpc) is 2.65. The van der Waals surface area contributed by atoms with Crippen LogP contribution in [0.2, 0.25) is 0 Å². The summed E-state index contributed by atoms with van der Waals surface area (Å²) in [6.07, 6.45) is 0. The van der Waals surface area contributed by atoms with E-state index < -0.39 is 18.0 Å². The van der Waals surface area contributed by atoms with Crippen LogP contribution in [0.25, 0.3) is 0 Å². The summed E-state index contributed by atoms with van der Waals surface area (Å²) in [5.41, 5.74) is 0.874. The number of amides is 1. The Morgan fingerprint density at radius 1 is 1.07 bits per heavy atom. The summed E-state index contributed by atoms with van der Waals surface area (Å²) in [5.74, 6) is -1.16. The molecule has 2 aromatic carbocycles. The largest absolute Gasteiger partial charge is 0.490 e. The minimum absolute atomic E-state index is 0.257. The fourth-order valence-electron chi connectivity index (χ4n) is 2.58. The number of nitrogens with one attached hydrogen (secondary N) is 1. The molecule has 0 aromatic heterocycles. The van der Waals surface area contributed by atoms with Gasteiger partial charge in [0.1, 0.15) is 5.82 Å². The highest BCUT2D eigenvalue weighted by molar-refractivity contribution is 5.95. The molecule has 0 heterocycles. The van der Waals surface area contributed by atoms with Crippen LogP contribution < -0.4 is 14.8 Å². The fraction of sp³-hybridized carbons (Fsp3) is 0.333.